The topological polar surface area (TPSA) is 64.4 Å². The highest BCUT2D eigenvalue weighted by Crippen LogP contribution is 2.54. The average molecular weight is 357 g/mol. The number of hydrogen-bond acceptors (Lipinski definition) is 4. The molecule has 3 atom stereocenters. The van der Waals surface area contributed by atoms with Crippen LogP contribution in [-0.2, 0) is 0 Å². The smallest absolute Gasteiger partial charge is 0.269 e. The highest BCUT2D eigenvalue weighted by molar-refractivity contribution is 6.32. The molecular formula is C19H17ClN2O3. The second kappa shape index (κ2) is 6.08. The maximum Gasteiger partial charge on any atom is 0.269 e. The molecule has 0 unspecified atom stereocenters. The average Bonchev–Trinajstić information content (AvgIpc) is 3.11. The van der Waals surface area contributed by atoms with Crippen LogP contribution in [0.15, 0.2) is 48.6 Å². The van der Waals surface area contributed by atoms with E-state index < -0.39 is 0 Å². The first-order valence-corrected chi connectivity index (χ1v) is 8.52. The third-order valence-corrected chi connectivity index (χ3v) is 5.42. The second-order valence-electron chi connectivity index (χ2n) is 6.37. The molecule has 0 radical (unpaired) electrons. The number of nitro groups is 1. The van der Waals surface area contributed by atoms with Gasteiger partial charge in [0.05, 0.1) is 23.8 Å². The summed E-state index contributed by atoms with van der Waals surface area (Å²) >= 11 is 6.48. The summed E-state index contributed by atoms with van der Waals surface area (Å²) in [6, 6.07) is 10.5. The molecule has 2 aromatic rings. The van der Waals surface area contributed by atoms with E-state index in [-0.39, 0.29) is 28.5 Å². The molecule has 2 aliphatic rings. The molecule has 1 aliphatic heterocycles. The van der Waals surface area contributed by atoms with Crippen LogP contribution in [0.2, 0.25) is 5.02 Å². The second-order valence-corrected chi connectivity index (χ2v) is 6.77. The molecule has 0 amide bonds. The summed E-state index contributed by atoms with van der Waals surface area (Å²) in [5.74, 6) is 1.16. The number of rotatable bonds is 3. The fourth-order valence-electron chi connectivity index (χ4n) is 3.97. The van der Waals surface area contributed by atoms with Crippen molar-refractivity contribution < 1.29 is 9.66 Å². The Balaban J connectivity index is 1.84. The van der Waals surface area contributed by atoms with Crippen LogP contribution < -0.4 is 10.1 Å². The van der Waals surface area contributed by atoms with Gasteiger partial charge in [0.1, 0.15) is 5.75 Å². The predicted octanol–water partition coefficient (Wildman–Crippen LogP) is 5.08. The molecule has 25 heavy (non-hydrogen) atoms. The van der Waals surface area contributed by atoms with Gasteiger partial charge < -0.3 is 10.1 Å². The van der Waals surface area contributed by atoms with E-state index in [4.69, 9.17) is 16.3 Å². The minimum Gasteiger partial charge on any atom is -0.495 e. The summed E-state index contributed by atoms with van der Waals surface area (Å²) < 4.78 is 5.51. The summed E-state index contributed by atoms with van der Waals surface area (Å²) in [5, 5.41) is 15.4. The van der Waals surface area contributed by atoms with Crippen LogP contribution in [0.3, 0.4) is 0 Å². The fraction of sp³-hybridized carbons (Fsp3) is 0.263. The number of halogens is 1. The van der Waals surface area contributed by atoms with Crippen molar-refractivity contribution in [2.75, 3.05) is 12.4 Å². The molecule has 0 aromatic heterocycles. The van der Waals surface area contributed by atoms with E-state index in [1.54, 1.807) is 19.2 Å². The number of anilines is 1. The van der Waals surface area contributed by atoms with Crippen LogP contribution >= 0.6 is 11.6 Å². The Hall–Kier alpha value is -2.53. The molecule has 0 saturated carbocycles. The van der Waals surface area contributed by atoms with Crippen molar-refractivity contribution in [2.24, 2.45) is 5.92 Å². The molecular weight excluding hydrogens is 340 g/mol. The number of benzene rings is 2. The van der Waals surface area contributed by atoms with Crippen LogP contribution in [0.25, 0.3) is 0 Å². The Kier molecular flexibility index (Phi) is 3.88. The molecule has 1 aliphatic carbocycles. The third kappa shape index (κ3) is 2.55. The van der Waals surface area contributed by atoms with Crippen LogP contribution in [0.5, 0.6) is 5.75 Å². The summed E-state index contributed by atoms with van der Waals surface area (Å²) in [4.78, 5) is 10.8. The van der Waals surface area contributed by atoms with Gasteiger partial charge in [0.25, 0.3) is 5.69 Å². The molecule has 4 rings (SSSR count). The quantitative estimate of drug-likeness (QED) is 0.473. The van der Waals surface area contributed by atoms with Gasteiger partial charge in [-0.25, -0.2) is 0 Å². The van der Waals surface area contributed by atoms with E-state index in [1.165, 1.54) is 6.07 Å². The van der Waals surface area contributed by atoms with Crippen LogP contribution in [0.4, 0.5) is 11.4 Å². The molecule has 0 fully saturated rings. The number of methoxy groups -OCH3 is 1. The van der Waals surface area contributed by atoms with E-state index in [0.29, 0.717) is 5.02 Å². The number of non-ortho nitro benzene ring substituents is 1. The zero-order valence-electron chi connectivity index (χ0n) is 13.6. The molecule has 1 heterocycles. The lowest BCUT2D eigenvalue weighted by Gasteiger charge is -2.38. The number of nitrogens with one attached hydrogen (secondary N) is 1. The number of ether oxygens (including phenoxy) is 1. The largest absolute Gasteiger partial charge is 0.495 e. The number of nitro benzene ring substituents is 1. The number of nitrogens with zero attached hydrogens (tertiary/aromatic N) is 1. The standard InChI is InChI=1S/C19H17ClN2O3/c1-25-16-9-8-15(20)17-13-6-3-7-14(13)18(21-19(16)17)11-4-2-5-12(10-11)22(23)24/h2-6,8-10,13-14,18,21H,7H2,1H3/t13-,14-,18+/m0/s1. The van der Waals surface area contributed by atoms with Crippen molar-refractivity contribution in [3.8, 4) is 5.75 Å². The van der Waals surface area contributed by atoms with Gasteiger partial charge >= 0.3 is 0 Å². The fourth-order valence-corrected chi connectivity index (χ4v) is 4.25. The Morgan fingerprint density at radius 1 is 1.32 bits per heavy atom. The first kappa shape index (κ1) is 16.0. The summed E-state index contributed by atoms with van der Waals surface area (Å²) in [7, 11) is 1.63. The van der Waals surface area contributed by atoms with Gasteiger partial charge in [0.2, 0.25) is 0 Å². The molecule has 5 nitrogen and oxygen atoms in total. The van der Waals surface area contributed by atoms with Gasteiger partial charge in [-0.2, -0.15) is 0 Å². The lowest BCUT2D eigenvalue weighted by molar-refractivity contribution is -0.384. The first-order valence-electron chi connectivity index (χ1n) is 8.14. The molecule has 0 saturated heterocycles. The number of allylic oxidation sites excluding steroid dienone is 2. The maximum absolute atomic E-state index is 11.1. The van der Waals surface area contributed by atoms with Crippen LogP contribution in [-0.4, -0.2) is 12.0 Å². The Labute approximate surface area is 150 Å². The minimum absolute atomic E-state index is 0.0419. The van der Waals surface area contributed by atoms with Gasteiger partial charge in [-0.15, -0.1) is 0 Å². The Morgan fingerprint density at radius 2 is 2.16 bits per heavy atom. The Bertz CT molecular complexity index is 881. The minimum atomic E-state index is -0.359. The maximum atomic E-state index is 11.1. The van der Waals surface area contributed by atoms with E-state index in [1.807, 2.05) is 18.2 Å². The predicted molar refractivity (Wildman–Crippen MR) is 97.5 cm³/mol. The molecule has 1 N–H and O–H groups in total. The van der Waals surface area contributed by atoms with Crippen molar-refractivity contribution in [1.29, 1.82) is 0 Å². The molecule has 0 bridgehead atoms. The number of hydrogen-bond donors (Lipinski definition) is 1. The van der Waals surface area contributed by atoms with Crippen LogP contribution in [0.1, 0.15) is 29.5 Å². The van der Waals surface area contributed by atoms with Gasteiger partial charge in [-0.05, 0) is 30.0 Å². The van der Waals surface area contributed by atoms with Crippen molar-refractivity contribution >= 4 is 23.0 Å². The van der Waals surface area contributed by atoms with E-state index in [0.717, 1.165) is 29.0 Å². The molecule has 0 spiro atoms. The lowest BCUT2D eigenvalue weighted by Crippen LogP contribution is -2.29. The van der Waals surface area contributed by atoms with E-state index in [9.17, 15) is 10.1 Å². The zero-order chi connectivity index (χ0) is 17.6. The van der Waals surface area contributed by atoms with Crippen LogP contribution in [0, 0.1) is 16.0 Å². The normalized spacial score (nSPS) is 23.5. The Morgan fingerprint density at radius 3 is 2.92 bits per heavy atom. The van der Waals surface area contributed by atoms with E-state index >= 15 is 0 Å². The highest BCUT2D eigenvalue weighted by atomic mass is 35.5. The summed E-state index contributed by atoms with van der Waals surface area (Å²) in [6.45, 7) is 0. The van der Waals surface area contributed by atoms with Crippen molar-refractivity contribution in [3.05, 3.63) is 74.8 Å². The summed E-state index contributed by atoms with van der Waals surface area (Å²) in [6.07, 6.45) is 5.24. The van der Waals surface area contributed by atoms with Gasteiger partial charge in [-0.3, -0.25) is 10.1 Å². The molecule has 6 heteroatoms. The number of fused-ring (bicyclic) bond motifs is 3. The third-order valence-electron chi connectivity index (χ3n) is 5.09. The summed E-state index contributed by atoms with van der Waals surface area (Å²) in [5.41, 5.74) is 2.92. The van der Waals surface area contributed by atoms with Crippen molar-refractivity contribution in [1.82, 2.24) is 0 Å². The van der Waals surface area contributed by atoms with Crippen molar-refractivity contribution in [2.45, 2.75) is 18.4 Å². The first-order chi connectivity index (χ1) is 12.1. The van der Waals surface area contributed by atoms with Gasteiger partial charge in [0, 0.05) is 28.6 Å². The SMILES string of the molecule is COc1ccc(Cl)c2c1N[C@H](c1cccc([N+](=O)[O-])c1)[C@H]1CC=C[C@H]21. The van der Waals surface area contributed by atoms with Gasteiger partial charge in [0.15, 0.2) is 0 Å². The van der Waals surface area contributed by atoms with E-state index in [2.05, 4.69) is 17.5 Å². The lowest BCUT2D eigenvalue weighted by atomic mass is 9.77. The van der Waals surface area contributed by atoms with Gasteiger partial charge in [-0.1, -0.05) is 35.9 Å². The molecule has 2 aromatic carbocycles. The van der Waals surface area contributed by atoms with Crippen molar-refractivity contribution in [3.63, 3.8) is 0 Å². The monoisotopic (exact) mass is 356 g/mol. The highest BCUT2D eigenvalue weighted by Gasteiger charge is 2.40. The molecule has 128 valence electrons. The zero-order valence-corrected chi connectivity index (χ0v) is 14.4.